The van der Waals surface area contributed by atoms with Gasteiger partial charge in [-0.3, -0.25) is 4.79 Å². The van der Waals surface area contributed by atoms with Crippen molar-refractivity contribution >= 4 is 17.5 Å². The number of nitrogens with two attached hydrogens (primary N) is 1. The van der Waals surface area contributed by atoms with Gasteiger partial charge in [0.1, 0.15) is 5.82 Å². The second kappa shape index (κ2) is 9.67. The van der Waals surface area contributed by atoms with Crippen molar-refractivity contribution in [3.8, 4) is 0 Å². The maximum absolute atomic E-state index is 13.7. The Morgan fingerprint density at radius 1 is 1.19 bits per heavy atom. The molecule has 0 aliphatic heterocycles. The topological polar surface area (TPSA) is 58.4 Å². The molecule has 4 nitrogen and oxygen atoms in total. The summed E-state index contributed by atoms with van der Waals surface area (Å²) in [6.45, 7) is 0.419. The van der Waals surface area contributed by atoms with Crippen LogP contribution in [0.5, 0.6) is 0 Å². The summed E-state index contributed by atoms with van der Waals surface area (Å²) < 4.78 is 13.7. The summed E-state index contributed by atoms with van der Waals surface area (Å²) >= 11 is 6.27. The Morgan fingerprint density at radius 3 is 2.50 bits per heavy atom. The summed E-state index contributed by atoms with van der Waals surface area (Å²) in [5, 5.41) is 3.57. The number of nitrogens with zero attached hydrogens (tertiary/aromatic N) is 1. The number of hydrogen-bond donors (Lipinski definition) is 2. The summed E-state index contributed by atoms with van der Waals surface area (Å²) in [6, 6.07) is 13.6. The second-order valence-corrected chi connectivity index (χ2v) is 6.97. The lowest BCUT2D eigenvalue weighted by Gasteiger charge is -2.26. The minimum Gasteiger partial charge on any atom is -0.354 e. The number of benzene rings is 2. The molecule has 0 radical (unpaired) electrons. The first-order valence-corrected chi connectivity index (χ1v) is 8.92. The van der Waals surface area contributed by atoms with E-state index in [0.29, 0.717) is 23.6 Å². The van der Waals surface area contributed by atoms with Gasteiger partial charge in [-0.1, -0.05) is 48.0 Å². The Morgan fingerprint density at radius 2 is 1.85 bits per heavy atom. The van der Waals surface area contributed by atoms with Crippen molar-refractivity contribution in [2.24, 2.45) is 5.73 Å². The van der Waals surface area contributed by atoms with Crippen molar-refractivity contribution < 1.29 is 9.18 Å². The third kappa shape index (κ3) is 5.80. The van der Waals surface area contributed by atoms with Crippen LogP contribution in [-0.4, -0.2) is 37.5 Å². The van der Waals surface area contributed by atoms with Crippen molar-refractivity contribution in [1.29, 1.82) is 0 Å². The molecule has 0 aliphatic carbocycles. The molecule has 140 valence electrons. The number of nitrogens with one attached hydrogen (secondary N) is 1. The molecular weight excluding hydrogens is 353 g/mol. The third-order valence-electron chi connectivity index (χ3n) is 4.27. The lowest BCUT2D eigenvalue weighted by molar-refractivity contribution is -0.121. The van der Waals surface area contributed by atoms with Gasteiger partial charge in [-0.15, -0.1) is 0 Å². The van der Waals surface area contributed by atoms with Crippen LogP contribution in [0.15, 0.2) is 48.5 Å². The number of amides is 1. The van der Waals surface area contributed by atoms with Gasteiger partial charge in [0.05, 0.1) is 6.04 Å². The molecule has 0 aliphatic rings. The van der Waals surface area contributed by atoms with Gasteiger partial charge in [-0.25, -0.2) is 4.39 Å². The van der Waals surface area contributed by atoms with Crippen LogP contribution in [0.3, 0.4) is 0 Å². The highest BCUT2D eigenvalue weighted by Crippen LogP contribution is 2.25. The zero-order valence-electron chi connectivity index (χ0n) is 15.1. The maximum Gasteiger partial charge on any atom is 0.221 e. The fraction of sp³-hybridized carbons (Fsp3) is 0.350. The highest BCUT2D eigenvalue weighted by molar-refractivity contribution is 6.31. The minimum atomic E-state index is -0.440. The monoisotopic (exact) mass is 377 g/mol. The van der Waals surface area contributed by atoms with E-state index in [1.807, 2.05) is 43.3 Å². The molecule has 1 unspecified atom stereocenters. The SMILES string of the molecule is CN(C)C(CNC(=O)C[C@H](N)Cc1ccccc1F)c1ccccc1Cl. The zero-order chi connectivity index (χ0) is 19.1. The standard InChI is InChI=1S/C20H25ClFN3O/c1-25(2)19(16-8-4-5-9-17(16)21)13-24-20(26)12-15(23)11-14-7-3-6-10-18(14)22/h3-10,15,19H,11-13,23H2,1-2H3,(H,24,26)/t15-,19?/m1/s1. The Kier molecular flexibility index (Phi) is 7.57. The number of rotatable bonds is 8. The first-order valence-electron chi connectivity index (χ1n) is 8.55. The molecule has 0 heterocycles. The fourth-order valence-corrected chi connectivity index (χ4v) is 3.12. The number of carbonyl (C=O) groups excluding carboxylic acids is 1. The van der Waals surface area contributed by atoms with E-state index in [4.69, 9.17) is 17.3 Å². The van der Waals surface area contributed by atoms with Gasteiger partial charge in [0.2, 0.25) is 5.91 Å². The van der Waals surface area contributed by atoms with E-state index in [0.717, 1.165) is 5.56 Å². The predicted molar refractivity (Wildman–Crippen MR) is 104 cm³/mol. The minimum absolute atomic E-state index is 0.0459. The van der Waals surface area contributed by atoms with Gasteiger partial charge in [0.25, 0.3) is 0 Å². The molecule has 0 saturated carbocycles. The van der Waals surface area contributed by atoms with E-state index in [2.05, 4.69) is 5.32 Å². The van der Waals surface area contributed by atoms with Crippen LogP contribution < -0.4 is 11.1 Å². The molecule has 0 fully saturated rings. The summed E-state index contributed by atoms with van der Waals surface area (Å²) in [5.74, 6) is -0.456. The Balaban J connectivity index is 1.90. The first-order chi connectivity index (χ1) is 12.4. The molecule has 2 aromatic rings. The van der Waals surface area contributed by atoms with Crippen molar-refractivity contribution in [2.45, 2.75) is 24.9 Å². The molecule has 1 amide bonds. The van der Waals surface area contributed by atoms with E-state index in [-0.39, 0.29) is 24.2 Å². The smallest absolute Gasteiger partial charge is 0.221 e. The largest absolute Gasteiger partial charge is 0.354 e. The van der Waals surface area contributed by atoms with E-state index in [1.54, 1.807) is 18.2 Å². The second-order valence-electron chi connectivity index (χ2n) is 6.56. The van der Waals surface area contributed by atoms with Crippen molar-refractivity contribution in [3.05, 3.63) is 70.5 Å². The Labute approximate surface area is 159 Å². The predicted octanol–water partition coefficient (Wildman–Crippen LogP) is 3.16. The van der Waals surface area contributed by atoms with Crippen LogP contribution in [0.25, 0.3) is 0 Å². The highest BCUT2D eigenvalue weighted by Gasteiger charge is 2.19. The fourth-order valence-electron chi connectivity index (χ4n) is 2.86. The summed E-state index contributed by atoms with van der Waals surface area (Å²) in [4.78, 5) is 14.2. The Bertz CT molecular complexity index is 739. The first kappa shape index (κ1) is 20.4. The van der Waals surface area contributed by atoms with E-state index in [1.165, 1.54) is 6.07 Å². The normalized spacial score (nSPS) is 13.5. The molecule has 0 bridgehead atoms. The zero-order valence-corrected chi connectivity index (χ0v) is 15.8. The average molecular weight is 378 g/mol. The molecule has 2 atom stereocenters. The van der Waals surface area contributed by atoms with E-state index >= 15 is 0 Å². The highest BCUT2D eigenvalue weighted by atomic mass is 35.5. The van der Waals surface area contributed by atoms with E-state index < -0.39 is 6.04 Å². The third-order valence-corrected chi connectivity index (χ3v) is 4.61. The molecule has 3 N–H and O–H groups in total. The van der Waals surface area contributed by atoms with Gasteiger partial charge >= 0.3 is 0 Å². The lowest BCUT2D eigenvalue weighted by Crippen LogP contribution is -2.38. The number of hydrogen-bond acceptors (Lipinski definition) is 3. The summed E-state index contributed by atoms with van der Waals surface area (Å²) in [7, 11) is 3.87. The molecule has 0 aromatic heterocycles. The maximum atomic E-state index is 13.7. The van der Waals surface area contributed by atoms with Gasteiger partial charge in [0, 0.05) is 24.0 Å². The van der Waals surface area contributed by atoms with Crippen molar-refractivity contribution in [2.75, 3.05) is 20.6 Å². The van der Waals surface area contributed by atoms with Crippen LogP contribution in [0.4, 0.5) is 4.39 Å². The summed E-state index contributed by atoms with van der Waals surface area (Å²) in [5.41, 5.74) is 7.49. The van der Waals surface area contributed by atoms with Gasteiger partial charge in [-0.05, 0) is 43.8 Å². The quantitative estimate of drug-likeness (QED) is 0.743. The molecule has 2 rings (SSSR count). The number of halogens is 2. The lowest BCUT2D eigenvalue weighted by atomic mass is 10.0. The van der Waals surface area contributed by atoms with E-state index in [9.17, 15) is 9.18 Å². The number of carbonyl (C=O) groups is 1. The van der Waals surface area contributed by atoms with Crippen LogP contribution in [0.1, 0.15) is 23.6 Å². The molecule has 2 aromatic carbocycles. The summed E-state index contributed by atoms with van der Waals surface area (Å²) in [6.07, 6.45) is 0.457. The molecule has 0 saturated heterocycles. The average Bonchev–Trinajstić information content (AvgIpc) is 2.58. The van der Waals surface area contributed by atoms with Crippen LogP contribution in [-0.2, 0) is 11.2 Å². The van der Waals surface area contributed by atoms with Gasteiger partial charge in [-0.2, -0.15) is 0 Å². The van der Waals surface area contributed by atoms with Crippen LogP contribution >= 0.6 is 11.6 Å². The van der Waals surface area contributed by atoms with Gasteiger partial charge < -0.3 is 16.0 Å². The molecule has 0 spiro atoms. The van der Waals surface area contributed by atoms with Crippen molar-refractivity contribution in [3.63, 3.8) is 0 Å². The van der Waals surface area contributed by atoms with Crippen LogP contribution in [0, 0.1) is 5.82 Å². The van der Waals surface area contributed by atoms with Crippen LogP contribution in [0.2, 0.25) is 5.02 Å². The molecular formula is C20H25ClFN3O. The molecule has 6 heteroatoms. The molecule has 26 heavy (non-hydrogen) atoms. The number of likely N-dealkylation sites (N-methyl/N-ethyl adjacent to an activating group) is 1. The Hall–Kier alpha value is -1.95. The van der Waals surface area contributed by atoms with Gasteiger partial charge in [0.15, 0.2) is 0 Å². The van der Waals surface area contributed by atoms with Crippen molar-refractivity contribution in [1.82, 2.24) is 10.2 Å².